The first-order chi connectivity index (χ1) is 8.66. The second-order valence-electron chi connectivity index (χ2n) is 4.92. The molecule has 0 radical (unpaired) electrons. The molecule has 0 spiro atoms. The molecule has 0 unspecified atom stereocenters. The number of amides is 1. The van der Waals surface area contributed by atoms with E-state index in [0.29, 0.717) is 6.54 Å². The molecule has 1 saturated carbocycles. The minimum absolute atomic E-state index is 0.00774. The van der Waals surface area contributed by atoms with Crippen molar-refractivity contribution < 1.29 is 9.90 Å². The largest absolute Gasteiger partial charge is 0.395 e. The fourth-order valence-corrected chi connectivity index (χ4v) is 2.48. The summed E-state index contributed by atoms with van der Waals surface area (Å²) in [5.41, 5.74) is 0.713. The van der Waals surface area contributed by atoms with Crippen molar-refractivity contribution in [3.05, 3.63) is 34.3 Å². The van der Waals surface area contributed by atoms with Crippen LogP contribution in [0.1, 0.15) is 24.8 Å². The lowest BCUT2D eigenvalue weighted by Crippen LogP contribution is -2.48. The molecule has 0 atom stereocenters. The van der Waals surface area contributed by atoms with E-state index in [2.05, 4.69) is 21.2 Å². The fraction of sp³-hybridized carbons (Fsp3) is 0.500. The van der Waals surface area contributed by atoms with Crippen LogP contribution in [-0.4, -0.2) is 24.2 Å². The third-order valence-electron chi connectivity index (χ3n) is 3.71. The minimum atomic E-state index is -0.486. The Morgan fingerprint density at radius 3 is 2.50 bits per heavy atom. The molecule has 1 aromatic carbocycles. The molecule has 1 amide bonds. The Morgan fingerprint density at radius 2 is 2.00 bits per heavy atom. The lowest BCUT2D eigenvalue weighted by molar-refractivity contribution is -0.139. The van der Waals surface area contributed by atoms with Crippen LogP contribution >= 0.6 is 15.9 Å². The van der Waals surface area contributed by atoms with Crippen LogP contribution in [0.15, 0.2) is 28.7 Å². The zero-order valence-corrected chi connectivity index (χ0v) is 11.9. The molecule has 2 rings (SSSR count). The number of hydrogen-bond acceptors (Lipinski definition) is 2. The number of hydrogen-bond donors (Lipinski definition) is 2. The van der Waals surface area contributed by atoms with Crippen LogP contribution in [-0.2, 0) is 11.2 Å². The van der Waals surface area contributed by atoms with E-state index < -0.39 is 5.41 Å². The van der Waals surface area contributed by atoms with Gasteiger partial charge in [-0.05, 0) is 37.0 Å². The quantitative estimate of drug-likeness (QED) is 0.876. The van der Waals surface area contributed by atoms with Crippen LogP contribution in [0.5, 0.6) is 0 Å². The normalized spacial score (nSPS) is 17.0. The summed E-state index contributed by atoms with van der Waals surface area (Å²) < 4.78 is 1.06. The average molecular weight is 312 g/mol. The predicted molar refractivity (Wildman–Crippen MR) is 74.2 cm³/mol. The highest BCUT2D eigenvalue weighted by Gasteiger charge is 2.43. The average Bonchev–Trinajstić information content (AvgIpc) is 2.31. The molecule has 2 N–H and O–H groups in total. The lowest BCUT2D eigenvalue weighted by Gasteiger charge is -2.38. The molecule has 1 aliphatic rings. The van der Waals surface area contributed by atoms with Gasteiger partial charge in [0.1, 0.15) is 0 Å². The van der Waals surface area contributed by atoms with Crippen molar-refractivity contribution in [3.8, 4) is 0 Å². The Kier molecular flexibility index (Phi) is 4.40. The minimum Gasteiger partial charge on any atom is -0.395 e. The number of rotatable bonds is 5. The molecule has 0 aromatic heterocycles. The molecular formula is C14H18BrNO2. The molecule has 1 fully saturated rings. The van der Waals surface area contributed by atoms with Crippen LogP contribution in [0, 0.1) is 5.41 Å². The molecule has 0 bridgehead atoms. The van der Waals surface area contributed by atoms with Gasteiger partial charge in [0.15, 0.2) is 0 Å². The molecule has 1 aliphatic carbocycles. The van der Waals surface area contributed by atoms with Gasteiger partial charge in [0.2, 0.25) is 5.91 Å². The summed E-state index contributed by atoms with van der Waals surface area (Å²) in [6.45, 7) is 0.597. The van der Waals surface area contributed by atoms with Gasteiger partial charge < -0.3 is 10.4 Å². The fourth-order valence-electron chi connectivity index (χ4n) is 2.22. The highest BCUT2D eigenvalue weighted by atomic mass is 79.9. The second-order valence-corrected chi connectivity index (χ2v) is 5.84. The summed E-state index contributed by atoms with van der Waals surface area (Å²) >= 11 is 3.39. The monoisotopic (exact) mass is 311 g/mol. The first kappa shape index (κ1) is 13.6. The smallest absolute Gasteiger partial charge is 0.228 e. The van der Waals surface area contributed by atoms with Gasteiger partial charge in [-0.1, -0.05) is 34.5 Å². The third-order valence-corrected chi connectivity index (χ3v) is 4.24. The van der Waals surface area contributed by atoms with Gasteiger partial charge in [0, 0.05) is 11.0 Å². The maximum absolute atomic E-state index is 11.9. The Morgan fingerprint density at radius 1 is 1.33 bits per heavy atom. The number of aliphatic hydroxyl groups is 1. The van der Waals surface area contributed by atoms with Gasteiger partial charge in [0.05, 0.1) is 12.0 Å². The Labute approximate surface area is 116 Å². The Balaban J connectivity index is 1.78. The number of aliphatic hydroxyl groups excluding tert-OH is 1. The lowest BCUT2D eigenvalue weighted by atomic mass is 9.68. The number of nitrogens with one attached hydrogen (secondary N) is 1. The van der Waals surface area contributed by atoms with Gasteiger partial charge in [-0.2, -0.15) is 0 Å². The predicted octanol–water partition coefficient (Wildman–Crippen LogP) is 2.27. The molecule has 0 heterocycles. The van der Waals surface area contributed by atoms with E-state index in [0.717, 1.165) is 30.2 Å². The SMILES string of the molecule is O=C(NCCc1ccc(Br)cc1)C1(CO)CCC1. The van der Waals surface area contributed by atoms with Crippen molar-refractivity contribution >= 4 is 21.8 Å². The number of carbonyl (C=O) groups is 1. The Hall–Kier alpha value is -0.870. The molecule has 98 valence electrons. The molecule has 0 saturated heterocycles. The maximum atomic E-state index is 11.9. The van der Waals surface area contributed by atoms with E-state index in [1.165, 1.54) is 5.56 Å². The Bertz CT molecular complexity index is 407. The van der Waals surface area contributed by atoms with E-state index in [1.807, 2.05) is 24.3 Å². The van der Waals surface area contributed by atoms with Gasteiger partial charge in [0.25, 0.3) is 0 Å². The van der Waals surface area contributed by atoms with Crippen molar-refractivity contribution in [2.45, 2.75) is 25.7 Å². The van der Waals surface area contributed by atoms with Crippen LogP contribution in [0.2, 0.25) is 0 Å². The highest BCUT2D eigenvalue weighted by Crippen LogP contribution is 2.40. The zero-order chi connectivity index (χ0) is 13.0. The van der Waals surface area contributed by atoms with E-state index in [-0.39, 0.29) is 12.5 Å². The van der Waals surface area contributed by atoms with Crippen molar-refractivity contribution in [1.29, 1.82) is 0 Å². The molecule has 1 aromatic rings. The van der Waals surface area contributed by atoms with Crippen molar-refractivity contribution in [2.75, 3.05) is 13.2 Å². The topological polar surface area (TPSA) is 49.3 Å². The molecule has 0 aliphatic heterocycles. The molecule has 4 heteroatoms. The van der Waals surface area contributed by atoms with Gasteiger partial charge in [-0.3, -0.25) is 4.79 Å². The first-order valence-electron chi connectivity index (χ1n) is 6.30. The summed E-state index contributed by atoms with van der Waals surface area (Å²) in [6.07, 6.45) is 3.49. The summed E-state index contributed by atoms with van der Waals surface area (Å²) in [7, 11) is 0. The van der Waals surface area contributed by atoms with Gasteiger partial charge in [-0.15, -0.1) is 0 Å². The first-order valence-corrected chi connectivity index (χ1v) is 7.09. The summed E-state index contributed by atoms with van der Waals surface area (Å²) in [4.78, 5) is 11.9. The van der Waals surface area contributed by atoms with Crippen LogP contribution in [0.3, 0.4) is 0 Å². The molecule has 3 nitrogen and oxygen atoms in total. The van der Waals surface area contributed by atoms with Crippen molar-refractivity contribution in [1.82, 2.24) is 5.32 Å². The third kappa shape index (κ3) is 2.93. The summed E-state index contributed by atoms with van der Waals surface area (Å²) in [5.74, 6) is 0.00774. The summed E-state index contributed by atoms with van der Waals surface area (Å²) in [5, 5.41) is 12.2. The van der Waals surface area contributed by atoms with Crippen LogP contribution < -0.4 is 5.32 Å². The zero-order valence-electron chi connectivity index (χ0n) is 10.3. The van der Waals surface area contributed by atoms with E-state index >= 15 is 0 Å². The molecular weight excluding hydrogens is 294 g/mol. The van der Waals surface area contributed by atoms with E-state index in [1.54, 1.807) is 0 Å². The number of benzene rings is 1. The second kappa shape index (κ2) is 5.85. The highest BCUT2D eigenvalue weighted by molar-refractivity contribution is 9.10. The van der Waals surface area contributed by atoms with Gasteiger partial charge in [-0.25, -0.2) is 0 Å². The van der Waals surface area contributed by atoms with Crippen LogP contribution in [0.4, 0.5) is 0 Å². The van der Waals surface area contributed by atoms with Crippen LogP contribution in [0.25, 0.3) is 0 Å². The summed E-state index contributed by atoms with van der Waals surface area (Å²) in [6, 6.07) is 8.08. The number of halogens is 1. The maximum Gasteiger partial charge on any atom is 0.228 e. The van der Waals surface area contributed by atoms with E-state index in [9.17, 15) is 9.90 Å². The molecule has 18 heavy (non-hydrogen) atoms. The standard InChI is InChI=1S/C14H18BrNO2/c15-12-4-2-11(3-5-12)6-9-16-13(18)14(10-17)7-1-8-14/h2-5,17H,1,6-10H2,(H,16,18). The van der Waals surface area contributed by atoms with E-state index in [4.69, 9.17) is 0 Å². The number of carbonyl (C=O) groups excluding carboxylic acids is 1. The van der Waals surface area contributed by atoms with Crippen molar-refractivity contribution in [2.24, 2.45) is 5.41 Å². The van der Waals surface area contributed by atoms with Gasteiger partial charge >= 0.3 is 0 Å². The van der Waals surface area contributed by atoms with Crippen molar-refractivity contribution in [3.63, 3.8) is 0 Å².